The number of fused-ring (bicyclic) bond motifs is 1. The first-order chi connectivity index (χ1) is 14.3. The first kappa shape index (κ1) is 21.4. The molecule has 158 valence electrons. The van der Waals surface area contributed by atoms with E-state index in [9.17, 15) is 9.59 Å². The van der Waals surface area contributed by atoms with Gasteiger partial charge in [-0.05, 0) is 50.5 Å². The topological polar surface area (TPSA) is 75.0 Å². The molecule has 3 aromatic rings. The summed E-state index contributed by atoms with van der Waals surface area (Å²) in [7, 11) is 0. The van der Waals surface area contributed by atoms with E-state index in [2.05, 4.69) is 13.8 Å². The molecular weight excluding hydrogens is 384 g/mol. The van der Waals surface area contributed by atoms with Crippen LogP contribution in [0.15, 0.2) is 57.9 Å². The van der Waals surface area contributed by atoms with Crippen LogP contribution in [0.2, 0.25) is 0 Å². The van der Waals surface area contributed by atoms with E-state index in [1.54, 1.807) is 39.0 Å². The van der Waals surface area contributed by atoms with Crippen LogP contribution in [0.25, 0.3) is 11.0 Å². The smallest absolute Gasteiger partial charge is 0.347 e. The number of ether oxygens (including phenoxy) is 3. The molecule has 0 amide bonds. The first-order valence-corrected chi connectivity index (χ1v) is 9.95. The summed E-state index contributed by atoms with van der Waals surface area (Å²) in [5.74, 6) is 0.921. The molecule has 0 saturated carbocycles. The Bertz CT molecular complexity index is 1100. The molecule has 1 heterocycles. The van der Waals surface area contributed by atoms with Gasteiger partial charge in [0.2, 0.25) is 11.2 Å². The third-order valence-corrected chi connectivity index (χ3v) is 4.47. The Hall–Kier alpha value is -3.28. The maximum atomic E-state index is 12.9. The van der Waals surface area contributed by atoms with Gasteiger partial charge in [0.25, 0.3) is 0 Å². The molecule has 0 aliphatic carbocycles. The standard InChI is InChI=1S/C24H26O6/c1-14(2)18-8-6-7-9-20(18)30-22-13-27-21-12-17(10-11-19(21)23(22)25)29-16(5)24(26)28-15(3)4/h6-16H,1-5H3. The second-order valence-corrected chi connectivity index (χ2v) is 7.63. The molecule has 0 aliphatic rings. The molecule has 0 bridgehead atoms. The van der Waals surface area contributed by atoms with Crippen LogP contribution >= 0.6 is 0 Å². The molecule has 6 nitrogen and oxygen atoms in total. The summed E-state index contributed by atoms with van der Waals surface area (Å²) in [4.78, 5) is 24.8. The van der Waals surface area contributed by atoms with Crippen molar-refractivity contribution in [3.05, 3.63) is 64.5 Å². The van der Waals surface area contributed by atoms with Crippen LogP contribution in [0.3, 0.4) is 0 Å². The molecule has 1 aromatic heterocycles. The van der Waals surface area contributed by atoms with Crippen LogP contribution in [0.1, 0.15) is 46.1 Å². The molecular formula is C24H26O6. The fraction of sp³-hybridized carbons (Fsp3) is 0.333. The van der Waals surface area contributed by atoms with Crippen molar-refractivity contribution in [1.82, 2.24) is 0 Å². The van der Waals surface area contributed by atoms with E-state index >= 15 is 0 Å². The molecule has 1 atom stereocenters. The van der Waals surface area contributed by atoms with E-state index in [0.717, 1.165) is 5.56 Å². The molecule has 30 heavy (non-hydrogen) atoms. The zero-order chi connectivity index (χ0) is 21.8. The quantitative estimate of drug-likeness (QED) is 0.484. The SMILES string of the molecule is CC(C)OC(=O)C(C)Oc1ccc2c(=O)c(Oc3ccccc3C(C)C)coc2c1. The molecule has 2 aromatic carbocycles. The van der Waals surface area contributed by atoms with E-state index < -0.39 is 12.1 Å². The van der Waals surface area contributed by atoms with E-state index in [-0.39, 0.29) is 23.2 Å². The van der Waals surface area contributed by atoms with Crippen LogP contribution in [0.5, 0.6) is 17.2 Å². The Morgan fingerprint density at radius 3 is 2.40 bits per heavy atom. The number of esters is 1. The normalized spacial score (nSPS) is 12.2. The van der Waals surface area contributed by atoms with Gasteiger partial charge in [0.05, 0.1) is 11.5 Å². The maximum Gasteiger partial charge on any atom is 0.347 e. The Morgan fingerprint density at radius 1 is 0.967 bits per heavy atom. The number of hydrogen-bond acceptors (Lipinski definition) is 6. The van der Waals surface area contributed by atoms with Crippen molar-refractivity contribution in [2.75, 3.05) is 0 Å². The van der Waals surface area contributed by atoms with Gasteiger partial charge in [0.15, 0.2) is 6.10 Å². The van der Waals surface area contributed by atoms with Gasteiger partial charge >= 0.3 is 5.97 Å². The lowest BCUT2D eigenvalue weighted by molar-refractivity contribution is -0.154. The fourth-order valence-electron chi connectivity index (χ4n) is 2.98. The maximum absolute atomic E-state index is 12.9. The Morgan fingerprint density at radius 2 is 1.70 bits per heavy atom. The number of carbonyl (C=O) groups is 1. The number of benzene rings is 2. The highest BCUT2D eigenvalue weighted by atomic mass is 16.6. The minimum atomic E-state index is -0.785. The lowest BCUT2D eigenvalue weighted by Gasteiger charge is -2.16. The van der Waals surface area contributed by atoms with Crippen molar-refractivity contribution in [2.24, 2.45) is 0 Å². The monoisotopic (exact) mass is 410 g/mol. The molecule has 6 heteroatoms. The van der Waals surface area contributed by atoms with Crippen LogP contribution in [0.4, 0.5) is 0 Å². The van der Waals surface area contributed by atoms with E-state index in [0.29, 0.717) is 22.5 Å². The summed E-state index contributed by atoms with van der Waals surface area (Å²) in [5.41, 5.74) is 1.06. The average Bonchev–Trinajstić information content (AvgIpc) is 2.70. The van der Waals surface area contributed by atoms with Crippen LogP contribution < -0.4 is 14.9 Å². The molecule has 0 radical (unpaired) electrons. The Kier molecular flexibility index (Phi) is 6.45. The minimum Gasteiger partial charge on any atom is -0.479 e. The molecule has 0 N–H and O–H groups in total. The van der Waals surface area contributed by atoms with E-state index in [4.69, 9.17) is 18.6 Å². The molecule has 0 spiro atoms. The predicted molar refractivity (Wildman–Crippen MR) is 114 cm³/mol. The van der Waals surface area contributed by atoms with E-state index in [1.807, 2.05) is 24.3 Å². The van der Waals surface area contributed by atoms with Gasteiger partial charge in [-0.3, -0.25) is 4.79 Å². The average molecular weight is 410 g/mol. The molecule has 0 aliphatic heterocycles. The zero-order valence-corrected chi connectivity index (χ0v) is 17.8. The zero-order valence-electron chi connectivity index (χ0n) is 17.8. The second-order valence-electron chi connectivity index (χ2n) is 7.63. The number of rotatable bonds is 7. The lowest BCUT2D eigenvalue weighted by Crippen LogP contribution is -2.28. The summed E-state index contributed by atoms with van der Waals surface area (Å²) < 4.78 is 22.3. The van der Waals surface area contributed by atoms with Gasteiger partial charge in [0, 0.05) is 6.07 Å². The Balaban J connectivity index is 1.85. The molecule has 1 unspecified atom stereocenters. The number of carbonyl (C=O) groups excluding carboxylic acids is 1. The molecule has 0 saturated heterocycles. The largest absolute Gasteiger partial charge is 0.479 e. The van der Waals surface area contributed by atoms with Gasteiger partial charge in [0.1, 0.15) is 23.3 Å². The summed E-state index contributed by atoms with van der Waals surface area (Å²) in [6.45, 7) is 9.27. The molecule has 0 fully saturated rings. The predicted octanol–water partition coefficient (Wildman–Crippen LogP) is 5.43. The van der Waals surface area contributed by atoms with Crippen molar-refractivity contribution in [3.8, 4) is 17.2 Å². The summed E-state index contributed by atoms with van der Waals surface area (Å²) in [6.07, 6.45) is 0.284. The highest BCUT2D eigenvalue weighted by molar-refractivity contribution is 5.79. The lowest BCUT2D eigenvalue weighted by atomic mass is 10.0. The first-order valence-electron chi connectivity index (χ1n) is 9.95. The Labute approximate surface area is 175 Å². The van der Waals surface area contributed by atoms with Crippen molar-refractivity contribution in [1.29, 1.82) is 0 Å². The van der Waals surface area contributed by atoms with Crippen LogP contribution in [-0.2, 0) is 9.53 Å². The minimum absolute atomic E-state index is 0.109. The number of hydrogen-bond donors (Lipinski definition) is 0. The van der Waals surface area contributed by atoms with Gasteiger partial charge in [-0.25, -0.2) is 4.79 Å². The second kappa shape index (κ2) is 9.03. The summed E-state index contributed by atoms with van der Waals surface area (Å²) in [5, 5.41) is 0.360. The van der Waals surface area contributed by atoms with Gasteiger partial charge in [-0.15, -0.1) is 0 Å². The van der Waals surface area contributed by atoms with Gasteiger partial charge in [-0.1, -0.05) is 32.0 Å². The fourth-order valence-corrected chi connectivity index (χ4v) is 2.98. The number of para-hydroxylation sites is 1. The van der Waals surface area contributed by atoms with E-state index in [1.165, 1.54) is 6.26 Å². The summed E-state index contributed by atoms with van der Waals surface area (Å²) in [6, 6.07) is 12.4. The van der Waals surface area contributed by atoms with Crippen molar-refractivity contribution in [2.45, 2.75) is 52.7 Å². The van der Waals surface area contributed by atoms with Crippen LogP contribution in [-0.4, -0.2) is 18.2 Å². The van der Waals surface area contributed by atoms with Gasteiger partial charge in [-0.2, -0.15) is 0 Å². The van der Waals surface area contributed by atoms with Crippen molar-refractivity contribution in [3.63, 3.8) is 0 Å². The van der Waals surface area contributed by atoms with Crippen LogP contribution in [0, 0.1) is 0 Å². The summed E-state index contributed by atoms with van der Waals surface area (Å²) >= 11 is 0. The molecule has 3 rings (SSSR count). The van der Waals surface area contributed by atoms with Gasteiger partial charge < -0.3 is 18.6 Å². The highest BCUT2D eigenvalue weighted by Crippen LogP contribution is 2.30. The third-order valence-electron chi connectivity index (χ3n) is 4.47. The van der Waals surface area contributed by atoms with Crippen molar-refractivity contribution >= 4 is 16.9 Å². The van der Waals surface area contributed by atoms with Crippen molar-refractivity contribution < 1.29 is 23.4 Å². The third kappa shape index (κ3) is 4.82. The highest BCUT2D eigenvalue weighted by Gasteiger charge is 2.19.